The first kappa shape index (κ1) is 13.1. The molecule has 2 unspecified atom stereocenters. The Hall–Kier alpha value is -0.930. The van der Waals surface area contributed by atoms with E-state index in [-0.39, 0.29) is 0 Å². The van der Waals surface area contributed by atoms with Crippen molar-refractivity contribution >= 4 is 0 Å². The van der Waals surface area contributed by atoms with Crippen molar-refractivity contribution in [3.05, 3.63) is 30.1 Å². The predicted octanol–water partition coefficient (Wildman–Crippen LogP) is 1.90. The van der Waals surface area contributed by atoms with E-state index in [1.807, 2.05) is 18.5 Å². The molecule has 1 aromatic rings. The summed E-state index contributed by atoms with van der Waals surface area (Å²) in [5.74, 6) is 0. The first-order valence-corrected chi connectivity index (χ1v) is 5.97. The molecule has 3 nitrogen and oxygen atoms in total. The van der Waals surface area contributed by atoms with Crippen molar-refractivity contribution in [3.8, 4) is 0 Å². The maximum atomic E-state index is 4.14. The highest BCUT2D eigenvalue weighted by atomic mass is 15.2. The Kier molecular flexibility index (Phi) is 5.43. The molecule has 0 radical (unpaired) electrons. The van der Waals surface area contributed by atoms with Crippen molar-refractivity contribution in [2.45, 2.75) is 39.4 Å². The van der Waals surface area contributed by atoms with Crippen molar-refractivity contribution in [3.63, 3.8) is 0 Å². The molecule has 0 saturated heterocycles. The van der Waals surface area contributed by atoms with Crippen molar-refractivity contribution in [2.24, 2.45) is 0 Å². The molecule has 0 saturated carbocycles. The van der Waals surface area contributed by atoms with Gasteiger partial charge in [0.1, 0.15) is 0 Å². The first-order chi connectivity index (χ1) is 7.65. The van der Waals surface area contributed by atoms with Crippen LogP contribution in [0.1, 0.15) is 26.3 Å². The standard InChI is InChI=1S/C13H23N3/c1-5-15-11(2)12(3)16(4)10-13-7-6-8-14-9-13/h6-9,11-12,15H,5,10H2,1-4H3. The molecule has 0 aliphatic carbocycles. The molecule has 0 aromatic carbocycles. The lowest BCUT2D eigenvalue weighted by Crippen LogP contribution is -2.44. The van der Waals surface area contributed by atoms with Crippen LogP contribution in [0.5, 0.6) is 0 Å². The summed E-state index contributed by atoms with van der Waals surface area (Å²) in [6, 6.07) is 5.13. The van der Waals surface area contributed by atoms with E-state index in [1.165, 1.54) is 5.56 Å². The largest absolute Gasteiger partial charge is 0.313 e. The maximum absolute atomic E-state index is 4.14. The van der Waals surface area contributed by atoms with Crippen LogP contribution in [0.15, 0.2) is 24.5 Å². The number of likely N-dealkylation sites (N-methyl/N-ethyl adjacent to an activating group) is 2. The summed E-state index contributed by atoms with van der Waals surface area (Å²) >= 11 is 0. The summed E-state index contributed by atoms with van der Waals surface area (Å²) < 4.78 is 0. The second kappa shape index (κ2) is 6.61. The van der Waals surface area contributed by atoms with Crippen molar-refractivity contribution < 1.29 is 0 Å². The third kappa shape index (κ3) is 3.91. The van der Waals surface area contributed by atoms with Crippen molar-refractivity contribution in [1.29, 1.82) is 0 Å². The number of pyridine rings is 1. The predicted molar refractivity (Wildman–Crippen MR) is 68.3 cm³/mol. The van der Waals surface area contributed by atoms with Crippen molar-refractivity contribution in [1.82, 2.24) is 15.2 Å². The van der Waals surface area contributed by atoms with Gasteiger partial charge in [0.25, 0.3) is 0 Å². The number of hydrogen-bond donors (Lipinski definition) is 1. The van der Waals surface area contributed by atoms with E-state index in [0.717, 1.165) is 13.1 Å². The van der Waals surface area contributed by atoms with E-state index in [2.05, 4.69) is 49.1 Å². The molecule has 90 valence electrons. The normalized spacial score (nSPS) is 15.1. The SMILES string of the molecule is CCNC(C)C(C)N(C)Cc1cccnc1. The van der Waals surface area contributed by atoms with E-state index in [9.17, 15) is 0 Å². The summed E-state index contributed by atoms with van der Waals surface area (Å²) in [6.45, 7) is 8.60. The zero-order valence-electron chi connectivity index (χ0n) is 10.8. The van der Waals surface area contributed by atoms with Gasteiger partial charge in [-0.2, -0.15) is 0 Å². The van der Waals surface area contributed by atoms with Gasteiger partial charge in [0.05, 0.1) is 0 Å². The van der Waals surface area contributed by atoms with Crippen LogP contribution >= 0.6 is 0 Å². The number of nitrogens with one attached hydrogen (secondary N) is 1. The minimum absolute atomic E-state index is 0.506. The highest BCUT2D eigenvalue weighted by Gasteiger charge is 2.15. The van der Waals surface area contributed by atoms with Gasteiger partial charge < -0.3 is 5.32 Å². The molecule has 2 atom stereocenters. The Morgan fingerprint density at radius 1 is 1.44 bits per heavy atom. The molecule has 0 amide bonds. The van der Waals surface area contributed by atoms with Gasteiger partial charge >= 0.3 is 0 Å². The Labute approximate surface area is 98.9 Å². The lowest BCUT2D eigenvalue weighted by Gasteiger charge is -2.30. The van der Waals surface area contributed by atoms with Gasteiger partial charge in [0.2, 0.25) is 0 Å². The molecule has 16 heavy (non-hydrogen) atoms. The molecular weight excluding hydrogens is 198 g/mol. The smallest absolute Gasteiger partial charge is 0.0312 e. The summed E-state index contributed by atoms with van der Waals surface area (Å²) in [5, 5.41) is 3.45. The van der Waals surface area contributed by atoms with Crippen LogP contribution in [0.2, 0.25) is 0 Å². The topological polar surface area (TPSA) is 28.2 Å². The minimum Gasteiger partial charge on any atom is -0.313 e. The fraction of sp³-hybridized carbons (Fsp3) is 0.615. The average Bonchev–Trinajstić information content (AvgIpc) is 2.29. The molecule has 1 aromatic heterocycles. The molecule has 0 aliphatic rings. The molecule has 0 fully saturated rings. The van der Waals surface area contributed by atoms with E-state index in [4.69, 9.17) is 0 Å². The first-order valence-electron chi connectivity index (χ1n) is 5.97. The van der Waals surface area contributed by atoms with E-state index in [0.29, 0.717) is 12.1 Å². The third-order valence-electron chi connectivity index (χ3n) is 3.10. The van der Waals surface area contributed by atoms with Crippen LogP contribution in [-0.4, -0.2) is 35.6 Å². The van der Waals surface area contributed by atoms with Gasteiger partial charge in [-0.1, -0.05) is 13.0 Å². The number of hydrogen-bond acceptors (Lipinski definition) is 3. The van der Waals surface area contributed by atoms with Crippen LogP contribution in [0.25, 0.3) is 0 Å². The number of rotatable bonds is 6. The minimum atomic E-state index is 0.506. The van der Waals surface area contributed by atoms with Gasteiger partial charge in [-0.15, -0.1) is 0 Å². The molecule has 0 spiro atoms. The zero-order valence-corrected chi connectivity index (χ0v) is 10.8. The monoisotopic (exact) mass is 221 g/mol. The molecule has 1 heterocycles. The molecule has 0 aliphatic heterocycles. The van der Waals surface area contributed by atoms with E-state index in [1.54, 1.807) is 0 Å². The quantitative estimate of drug-likeness (QED) is 0.795. The lowest BCUT2D eigenvalue weighted by atomic mass is 10.1. The number of nitrogens with zero attached hydrogens (tertiary/aromatic N) is 2. The molecule has 3 heteroatoms. The summed E-state index contributed by atoms with van der Waals surface area (Å²) in [5.41, 5.74) is 1.26. The summed E-state index contributed by atoms with van der Waals surface area (Å²) in [4.78, 5) is 6.49. The van der Waals surface area contributed by atoms with E-state index >= 15 is 0 Å². The van der Waals surface area contributed by atoms with Crippen LogP contribution in [0.3, 0.4) is 0 Å². The van der Waals surface area contributed by atoms with E-state index < -0.39 is 0 Å². The summed E-state index contributed by atoms with van der Waals surface area (Å²) in [6.07, 6.45) is 3.75. The van der Waals surface area contributed by atoms with Gasteiger partial charge in [-0.25, -0.2) is 0 Å². The second-order valence-corrected chi connectivity index (χ2v) is 4.36. The van der Waals surface area contributed by atoms with Gasteiger partial charge in [-0.05, 0) is 39.1 Å². The Morgan fingerprint density at radius 3 is 2.75 bits per heavy atom. The Morgan fingerprint density at radius 2 is 2.19 bits per heavy atom. The summed E-state index contributed by atoms with van der Waals surface area (Å²) in [7, 11) is 2.16. The zero-order chi connectivity index (χ0) is 12.0. The fourth-order valence-corrected chi connectivity index (χ4v) is 1.80. The number of aromatic nitrogens is 1. The third-order valence-corrected chi connectivity index (χ3v) is 3.10. The molecule has 0 bridgehead atoms. The fourth-order valence-electron chi connectivity index (χ4n) is 1.80. The highest BCUT2D eigenvalue weighted by Crippen LogP contribution is 2.07. The Bertz CT molecular complexity index is 286. The van der Waals surface area contributed by atoms with Gasteiger partial charge in [0, 0.05) is 31.0 Å². The van der Waals surface area contributed by atoms with Gasteiger partial charge in [0.15, 0.2) is 0 Å². The molecule has 1 rings (SSSR count). The maximum Gasteiger partial charge on any atom is 0.0312 e. The van der Waals surface area contributed by atoms with Crippen LogP contribution in [0, 0.1) is 0 Å². The lowest BCUT2D eigenvalue weighted by molar-refractivity contribution is 0.207. The molecular formula is C13H23N3. The second-order valence-electron chi connectivity index (χ2n) is 4.36. The Balaban J connectivity index is 2.48. The highest BCUT2D eigenvalue weighted by molar-refractivity contribution is 5.08. The van der Waals surface area contributed by atoms with Gasteiger partial charge in [-0.3, -0.25) is 9.88 Å². The molecule has 1 N–H and O–H groups in total. The van der Waals surface area contributed by atoms with Crippen LogP contribution in [0.4, 0.5) is 0 Å². The van der Waals surface area contributed by atoms with Crippen LogP contribution in [-0.2, 0) is 6.54 Å². The average molecular weight is 221 g/mol. The van der Waals surface area contributed by atoms with Crippen LogP contribution < -0.4 is 5.32 Å². The van der Waals surface area contributed by atoms with Crippen molar-refractivity contribution in [2.75, 3.05) is 13.6 Å².